The average Bonchev–Trinajstić information content (AvgIpc) is 2.82. The van der Waals surface area contributed by atoms with E-state index in [-0.39, 0.29) is 11.9 Å². The molecule has 0 saturated carbocycles. The number of H-pyrrole nitrogens is 1. The van der Waals surface area contributed by atoms with Crippen molar-refractivity contribution < 1.29 is 4.79 Å². The first kappa shape index (κ1) is 12.7. The van der Waals surface area contributed by atoms with Crippen LogP contribution in [0.5, 0.6) is 0 Å². The Morgan fingerprint density at radius 1 is 1.65 bits per heavy atom. The van der Waals surface area contributed by atoms with Gasteiger partial charge in [-0.1, -0.05) is 23.2 Å². The molecule has 0 aliphatic carbocycles. The normalized spacial score (nSPS) is 24.4. The summed E-state index contributed by atoms with van der Waals surface area (Å²) in [5.41, 5.74) is 6.07. The van der Waals surface area contributed by atoms with E-state index in [4.69, 9.17) is 28.9 Å². The summed E-state index contributed by atoms with van der Waals surface area (Å²) in [5, 5.41) is 0.675. The first-order valence-corrected chi connectivity index (χ1v) is 6.33. The lowest BCUT2D eigenvalue weighted by molar-refractivity contribution is 0.0738. The number of amides is 1. The Bertz CT molecular complexity index is 413. The maximum absolute atomic E-state index is 12.2. The van der Waals surface area contributed by atoms with E-state index in [1.165, 1.54) is 0 Å². The second-order valence-corrected chi connectivity index (χ2v) is 5.27. The Morgan fingerprint density at radius 3 is 2.82 bits per heavy atom. The molecule has 17 heavy (non-hydrogen) atoms. The van der Waals surface area contributed by atoms with E-state index in [2.05, 4.69) is 4.98 Å². The van der Waals surface area contributed by atoms with Crippen molar-refractivity contribution in [2.75, 3.05) is 13.1 Å². The van der Waals surface area contributed by atoms with Gasteiger partial charge in [-0.25, -0.2) is 0 Å². The fourth-order valence-electron chi connectivity index (χ4n) is 2.27. The number of carbonyl (C=O) groups is 1. The zero-order valence-electron chi connectivity index (χ0n) is 9.54. The van der Waals surface area contributed by atoms with Crippen LogP contribution in [0.3, 0.4) is 0 Å². The minimum absolute atomic E-state index is 0.0674. The number of nitrogens with two attached hydrogens (primary N) is 1. The van der Waals surface area contributed by atoms with Crippen molar-refractivity contribution in [3.8, 4) is 0 Å². The summed E-state index contributed by atoms with van der Waals surface area (Å²) in [4.78, 5) is 16.8. The first-order chi connectivity index (χ1) is 8.02. The van der Waals surface area contributed by atoms with Crippen LogP contribution in [0, 0.1) is 5.92 Å². The van der Waals surface area contributed by atoms with Gasteiger partial charge in [-0.15, -0.1) is 0 Å². The molecule has 1 aliphatic rings. The molecule has 0 radical (unpaired) electrons. The van der Waals surface area contributed by atoms with Gasteiger partial charge in [0.1, 0.15) is 10.8 Å². The lowest BCUT2D eigenvalue weighted by Crippen LogP contribution is -2.34. The molecular weight excluding hydrogens is 261 g/mol. The van der Waals surface area contributed by atoms with Crippen molar-refractivity contribution in [2.45, 2.75) is 19.4 Å². The summed E-state index contributed by atoms with van der Waals surface area (Å²) in [6.07, 6.45) is 0.949. The highest BCUT2D eigenvalue weighted by Gasteiger charge is 2.32. The van der Waals surface area contributed by atoms with Crippen LogP contribution in [-0.2, 0) is 0 Å². The van der Waals surface area contributed by atoms with Gasteiger partial charge in [0.2, 0.25) is 0 Å². The summed E-state index contributed by atoms with van der Waals surface area (Å²) >= 11 is 11.6. The van der Waals surface area contributed by atoms with E-state index < -0.39 is 0 Å². The Kier molecular flexibility index (Phi) is 3.66. The van der Waals surface area contributed by atoms with Crippen molar-refractivity contribution in [1.82, 2.24) is 9.88 Å². The Morgan fingerprint density at radius 2 is 2.35 bits per heavy atom. The smallest absolute Gasteiger partial charge is 0.270 e. The van der Waals surface area contributed by atoms with E-state index in [9.17, 15) is 4.79 Å². The maximum Gasteiger partial charge on any atom is 0.270 e. The molecule has 2 atom stereocenters. The van der Waals surface area contributed by atoms with Crippen molar-refractivity contribution in [2.24, 2.45) is 11.7 Å². The van der Waals surface area contributed by atoms with E-state index in [0.717, 1.165) is 6.42 Å². The molecule has 2 heterocycles. The number of hydrogen-bond acceptors (Lipinski definition) is 2. The number of aromatic amines is 1. The number of hydrogen-bond donors (Lipinski definition) is 2. The molecule has 1 fully saturated rings. The molecule has 1 aromatic rings. The minimum Gasteiger partial charge on any atom is -0.340 e. The zero-order chi connectivity index (χ0) is 12.6. The number of nitrogens with zero attached hydrogens (tertiary/aromatic N) is 1. The standard InChI is InChI=1S/C11H15Cl2N3O/c1-6-2-7(4-14)5-16(6)11(17)9-3-8(12)10(13)15-9/h3,6-7,15H,2,4-5,14H2,1H3. The van der Waals surface area contributed by atoms with Crippen LogP contribution >= 0.6 is 23.2 Å². The number of likely N-dealkylation sites (tertiary alicyclic amines) is 1. The third-order valence-electron chi connectivity index (χ3n) is 3.21. The number of aromatic nitrogens is 1. The van der Waals surface area contributed by atoms with Crippen molar-refractivity contribution in [3.05, 3.63) is 21.9 Å². The maximum atomic E-state index is 12.2. The molecule has 0 aromatic carbocycles. The van der Waals surface area contributed by atoms with E-state index in [1.54, 1.807) is 6.07 Å². The van der Waals surface area contributed by atoms with E-state index in [1.807, 2.05) is 11.8 Å². The van der Waals surface area contributed by atoms with Crippen molar-refractivity contribution in [1.29, 1.82) is 0 Å². The number of rotatable bonds is 2. The van der Waals surface area contributed by atoms with Gasteiger partial charge >= 0.3 is 0 Å². The largest absolute Gasteiger partial charge is 0.340 e. The highest BCUT2D eigenvalue weighted by molar-refractivity contribution is 6.41. The highest BCUT2D eigenvalue weighted by atomic mass is 35.5. The van der Waals surface area contributed by atoms with Crippen molar-refractivity contribution in [3.63, 3.8) is 0 Å². The van der Waals surface area contributed by atoms with Crippen LogP contribution in [-0.4, -0.2) is 34.9 Å². The van der Waals surface area contributed by atoms with Crippen LogP contribution < -0.4 is 5.73 Å². The lowest BCUT2D eigenvalue weighted by atomic mass is 10.1. The van der Waals surface area contributed by atoms with Gasteiger partial charge in [0.05, 0.1) is 5.02 Å². The quantitative estimate of drug-likeness (QED) is 0.869. The van der Waals surface area contributed by atoms with Gasteiger partial charge in [-0.05, 0) is 31.9 Å². The molecule has 2 rings (SSSR count). The molecule has 3 N–H and O–H groups in total. The van der Waals surface area contributed by atoms with Gasteiger partial charge in [-0.2, -0.15) is 0 Å². The van der Waals surface area contributed by atoms with Crippen LogP contribution in [0.25, 0.3) is 0 Å². The van der Waals surface area contributed by atoms with Gasteiger partial charge in [-0.3, -0.25) is 4.79 Å². The van der Waals surface area contributed by atoms with Gasteiger partial charge in [0.15, 0.2) is 0 Å². The molecule has 0 bridgehead atoms. The molecule has 4 nitrogen and oxygen atoms in total. The summed E-state index contributed by atoms with van der Waals surface area (Å²) in [6.45, 7) is 3.34. The molecule has 1 saturated heterocycles. The fraction of sp³-hybridized carbons (Fsp3) is 0.545. The zero-order valence-corrected chi connectivity index (χ0v) is 11.1. The molecule has 0 spiro atoms. The SMILES string of the molecule is CC1CC(CN)CN1C(=O)c1cc(Cl)c(Cl)[nH]1. The summed E-state index contributed by atoms with van der Waals surface area (Å²) < 4.78 is 0. The van der Waals surface area contributed by atoms with Gasteiger partial charge in [0.25, 0.3) is 5.91 Å². The average molecular weight is 276 g/mol. The Hall–Kier alpha value is -0.710. The van der Waals surface area contributed by atoms with E-state index >= 15 is 0 Å². The first-order valence-electron chi connectivity index (χ1n) is 5.58. The van der Waals surface area contributed by atoms with Crippen LogP contribution in [0.1, 0.15) is 23.8 Å². The molecule has 1 aromatic heterocycles. The molecular formula is C11H15Cl2N3O. The molecule has 94 valence electrons. The third-order valence-corrected chi connectivity index (χ3v) is 3.90. The molecule has 1 aliphatic heterocycles. The summed E-state index contributed by atoms with van der Waals surface area (Å²) in [5.74, 6) is 0.317. The highest BCUT2D eigenvalue weighted by Crippen LogP contribution is 2.27. The van der Waals surface area contributed by atoms with Crippen LogP contribution in [0.2, 0.25) is 10.2 Å². The van der Waals surface area contributed by atoms with Gasteiger partial charge in [0, 0.05) is 12.6 Å². The minimum atomic E-state index is -0.0674. The summed E-state index contributed by atoms with van der Waals surface area (Å²) in [6, 6.07) is 1.77. The monoisotopic (exact) mass is 275 g/mol. The number of carbonyl (C=O) groups excluding carboxylic acids is 1. The predicted octanol–water partition coefficient (Wildman–Crippen LogP) is 2.13. The Labute approximate surface area is 110 Å². The second-order valence-electron chi connectivity index (χ2n) is 4.49. The predicted molar refractivity (Wildman–Crippen MR) is 68.5 cm³/mol. The third kappa shape index (κ3) is 2.44. The Balaban J connectivity index is 2.15. The van der Waals surface area contributed by atoms with E-state index in [0.29, 0.717) is 34.9 Å². The summed E-state index contributed by atoms with van der Waals surface area (Å²) in [7, 11) is 0. The lowest BCUT2D eigenvalue weighted by Gasteiger charge is -2.20. The molecule has 6 heteroatoms. The molecule has 2 unspecified atom stereocenters. The molecule has 1 amide bonds. The van der Waals surface area contributed by atoms with Crippen LogP contribution in [0.4, 0.5) is 0 Å². The van der Waals surface area contributed by atoms with Crippen LogP contribution in [0.15, 0.2) is 6.07 Å². The van der Waals surface area contributed by atoms with Crippen molar-refractivity contribution >= 4 is 29.1 Å². The number of halogens is 2. The number of nitrogens with one attached hydrogen (secondary N) is 1. The van der Waals surface area contributed by atoms with Gasteiger partial charge < -0.3 is 15.6 Å². The second kappa shape index (κ2) is 4.88. The fourth-order valence-corrected chi connectivity index (χ4v) is 2.58. The topological polar surface area (TPSA) is 62.1 Å².